The Bertz CT molecular complexity index is 950. The van der Waals surface area contributed by atoms with Crippen LogP contribution in [0.2, 0.25) is 0 Å². The predicted octanol–water partition coefficient (Wildman–Crippen LogP) is 2.45. The molecule has 0 aliphatic carbocycles. The summed E-state index contributed by atoms with van der Waals surface area (Å²) in [6.07, 6.45) is 5.98. The average Bonchev–Trinajstić information content (AvgIpc) is 3.23. The molecule has 3 heterocycles. The summed E-state index contributed by atoms with van der Waals surface area (Å²) in [5.74, 6) is 0.557. The fourth-order valence-corrected chi connectivity index (χ4v) is 3.44. The van der Waals surface area contributed by atoms with Gasteiger partial charge in [0.1, 0.15) is 11.5 Å². The van der Waals surface area contributed by atoms with Crippen LogP contribution in [0.25, 0.3) is 22.0 Å². The van der Waals surface area contributed by atoms with E-state index >= 15 is 0 Å². The van der Waals surface area contributed by atoms with Crippen molar-refractivity contribution in [1.29, 1.82) is 0 Å². The Morgan fingerprint density at radius 2 is 2.19 bits per heavy atom. The third-order valence-corrected chi connectivity index (χ3v) is 4.92. The van der Waals surface area contributed by atoms with E-state index in [4.69, 9.17) is 0 Å². The van der Waals surface area contributed by atoms with Crippen molar-refractivity contribution in [3.63, 3.8) is 0 Å². The number of hydrogen-bond donors (Lipinski definition) is 1. The van der Waals surface area contributed by atoms with Crippen LogP contribution >= 0.6 is 0 Å². The summed E-state index contributed by atoms with van der Waals surface area (Å²) in [7, 11) is 1.84. The Hall–Kier alpha value is -2.80. The highest BCUT2D eigenvalue weighted by atomic mass is 16.2. The van der Waals surface area contributed by atoms with E-state index in [1.54, 1.807) is 10.9 Å². The number of carbonyl (C=O) groups is 1. The number of amides is 1. The molecule has 26 heavy (non-hydrogen) atoms. The van der Waals surface area contributed by atoms with Crippen LogP contribution in [0.3, 0.4) is 0 Å². The molecule has 2 aromatic heterocycles. The number of aryl methyl sites for hydroxylation is 1. The molecule has 1 aliphatic heterocycles. The summed E-state index contributed by atoms with van der Waals surface area (Å²) >= 11 is 0. The maximum atomic E-state index is 12.3. The average molecular weight is 350 g/mol. The summed E-state index contributed by atoms with van der Waals surface area (Å²) in [4.78, 5) is 18.9. The van der Waals surface area contributed by atoms with E-state index in [2.05, 4.69) is 32.4 Å². The molecule has 1 amide bonds. The number of anilines is 1. The van der Waals surface area contributed by atoms with E-state index in [-0.39, 0.29) is 5.91 Å². The zero-order chi connectivity index (χ0) is 18.1. The molecule has 3 aromatic rings. The molecule has 7 heteroatoms. The van der Waals surface area contributed by atoms with E-state index < -0.39 is 0 Å². The number of carbonyl (C=O) groups excluding carboxylic acids is 1. The predicted molar refractivity (Wildman–Crippen MR) is 101 cm³/mol. The second kappa shape index (κ2) is 6.84. The molecule has 0 saturated carbocycles. The largest absolute Gasteiger partial charge is 0.310 e. The highest BCUT2D eigenvalue weighted by Gasteiger charge is 2.22. The summed E-state index contributed by atoms with van der Waals surface area (Å²) < 4.78 is 1.68. The first kappa shape index (κ1) is 16.7. The lowest BCUT2D eigenvalue weighted by Crippen LogP contribution is -2.35. The van der Waals surface area contributed by atoms with Gasteiger partial charge in [-0.3, -0.25) is 14.4 Å². The van der Waals surface area contributed by atoms with Crippen LogP contribution in [0.15, 0.2) is 36.7 Å². The second-order valence-electron chi connectivity index (χ2n) is 6.92. The van der Waals surface area contributed by atoms with Gasteiger partial charge in [-0.05, 0) is 43.8 Å². The van der Waals surface area contributed by atoms with Crippen molar-refractivity contribution in [2.75, 3.05) is 18.4 Å². The van der Waals surface area contributed by atoms with Crippen molar-refractivity contribution in [3.8, 4) is 11.3 Å². The van der Waals surface area contributed by atoms with Crippen LogP contribution in [0, 0.1) is 0 Å². The van der Waals surface area contributed by atoms with Crippen LogP contribution in [0.5, 0.6) is 0 Å². The molecular formula is C19H22N6O. The van der Waals surface area contributed by atoms with Gasteiger partial charge >= 0.3 is 0 Å². The minimum Gasteiger partial charge on any atom is -0.310 e. The summed E-state index contributed by atoms with van der Waals surface area (Å²) in [5.41, 5.74) is 1.81. The van der Waals surface area contributed by atoms with E-state index in [1.165, 1.54) is 0 Å². The Morgan fingerprint density at radius 3 is 2.92 bits per heavy atom. The first-order chi connectivity index (χ1) is 12.6. The zero-order valence-corrected chi connectivity index (χ0v) is 15.0. The molecule has 0 bridgehead atoms. The van der Waals surface area contributed by atoms with E-state index in [0.29, 0.717) is 18.4 Å². The molecule has 4 rings (SSSR count). The standard InChI is InChI=1S/C19H22N6O/c1-13-4-3-7-25(13)12-19(26)21-18-9-16-8-14(5-6-15(16)10-20-18)17-11-24(2)23-22-17/h5-6,8-11,13H,3-4,7,12H2,1-2H3,(H,20,21,26)/t13-/m1/s1. The highest BCUT2D eigenvalue weighted by Crippen LogP contribution is 2.24. The smallest absolute Gasteiger partial charge is 0.239 e. The van der Waals surface area contributed by atoms with E-state index in [1.807, 2.05) is 37.5 Å². The Kier molecular flexibility index (Phi) is 4.38. The van der Waals surface area contributed by atoms with Gasteiger partial charge in [0.15, 0.2) is 0 Å². The normalized spacial score (nSPS) is 17.7. The molecule has 1 atom stereocenters. The molecule has 0 spiro atoms. The monoisotopic (exact) mass is 350 g/mol. The first-order valence-electron chi connectivity index (χ1n) is 8.89. The van der Waals surface area contributed by atoms with E-state index in [0.717, 1.165) is 41.4 Å². The van der Waals surface area contributed by atoms with Crippen molar-refractivity contribution in [2.45, 2.75) is 25.8 Å². The number of nitrogens with one attached hydrogen (secondary N) is 1. The highest BCUT2D eigenvalue weighted by molar-refractivity contribution is 5.94. The second-order valence-corrected chi connectivity index (χ2v) is 6.92. The minimum atomic E-state index is -0.0179. The number of nitrogens with zero attached hydrogens (tertiary/aromatic N) is 5. The fraction of sp³-hybridized carbons (Fsp3) is 0.368. The maximum Gasteiger partial charge on any atom is 0.239 e. The molecule has 7 nitrogen and oxygen atoms in total. The number of hydrogen-bond acceptors (Lipinski definition) is 5. The molecule has 1 saturated heterocycles. The Morgan fingerprint density at radius 1 is 1.31 bits per heavy atom. The maximum absolute atomic E-state index is 12.3. The van der Waals surface area contributed by atoms with Crippen LogP contribution in [0.4, 0.5) is 5.82 Å². The van der Waals surface area contributed by atoms with E-state index in [9.17, 15) is 4.79 Å². The van der Waals surface area contributed by atoms with Gasteiger partial charge in [0.25, 0.3) is 0 Å². The summed E-state index contributed by atoms with van der Waals surface area (Å²) in [6, 6.07) is 8.42. The van der Waals surface area contributed by atoms with Crippen LogP contribution < -0.4 is 5.32 Å². The first-order valence-corrected chi connectivity index (χ1v) is 8.89. The van der Waals surface area contributed by atoms with Crippen LogP contribution in [0.1, 0.15) is 19.8 Å². The minimum absolute atomic E-state index is 0.0179. The molecule has 1 fully saturated rings. The van der Waals surface area contributed by atoms with Crippen molar-refractivity contribution in [3.05, 3.63) is 36.7 Å². The molecule has 0 unspecified atom stereocenters. The van der Waals surface area contributed by atoms with Gasteiger partial charge in [-0.25, -0.2) is 4.98 Å². The van der Waals surface area contributed by atoms with Gasteiger partial charge in [0.05, 0.1) is 12.7 Å². The van der Waals surface area contributed by atoms with Gasteiger partial charge in [0.2, 0.25) is 5.91 Å². The van der Waals surface area contributed by atoms with Crippen molar-refractivity contribution in [2.24, 2.45) is 7.05 Å². The molecule has 0 radical (unpaired) electrons. The lowest BCUT2D eigenvalue weighted by molar-refractivity contribution is -0.117. The number of benzene rings is 1. The molecule has 134 valence electrons. The van der Waals surface area contributed by atoms with Crippen LogP contribution in [-0.4, -0.2) is 49.9 Å². The number of rotatable bonds is 4. The number of aromatic nitrogens is 4. The lowest BCUT2D eigenvalue weighted by atomic mass is 10.1. The molecule has 1 N–H and O–H groups in total. The van der Waals surface area contributed by atoms with Gasteiger partial charge in [-0.15, -0.1) is 5.10 Å². The topological polar surface area (TPSA) is 75.9 Å². The quantitative estimate of drug-likeness (QED) is 0.782. The van der Waals surface area contributed by atoms with Crippen LogP contribution in [-0.2, 0) is 11.8 Å². The number of pyridine rings is 1. The zero-order valence-electron chi connectivity index (χ0n) is 15.0. The Balaban J connectivity index is 1.53. The third kappa shape index (κ3) is 3.43. The Labute approximate surface area is 152 Å². The van der Waals surface area contributed by atoms with Gasteiger partial charge in [-0.1, -0.05) is 17.3 Å². The van der Waals surface area contributed by atoms with Gasteiger partial charge < -0.3 is 5.32 Å². The molecule has 1 aromatic carbocycles. The third-order valence-electron chi connectivity index (χ3n) is 4.92. The molecule has 1 aliphatic rings. The van der Waals surface area contributed by atoms with Crippen molar-refractivity contribution < 1.29 is 4.79 Å². The number of fused-ring (bicyclic) bond motifs is 1. The van der Waals surface area contributed by atoms with Gasteiger partial charge in [0, 0.05) is 30.2 Å². The molecular weight excluding hydrogens is 328 g/mol. The summed E-state index contributed by atoms with van der Waals surface area (Å²) in [6.45, 7) is 3.57. The lowest BCUT2D eigenvalue weighted by Gasteiger charge is -2.19. The fourth-order valence-electron chi connectivity index (χ4n) is 3.44. The van der Waals surface area contributed by atoms with Crippen molar-refractivity contribution in [1.82, 2.24) is 24.9 Å². The summed E-state index contributed by atoms with van der Waals surface area (Å²) in [5, 5.41) is 13.1. The van der Waals surface area contributed by atoms with Crippen molar-refractivity contribution >= 4 is 22.5 Å². The van der Waals surface area contributed by atoms with Gasteiger partial charge in [-0.2, -0.15) is 0 Å². The SMILES string of the molecule is C[C@@H]1CCCN1CC(=O)Nc1cc2cc(-c3cn(C)nn3)ccc2cn1. The number of likely N-dealkylation sites (tertiary alicyclic amines) is 1.